The minimum Gasteiger partial charge on any atom is -0.263 e. The van der Waals surface area contributed by atoms with Crippen LogP contribution in [-0.2, 0) is 11.0 Å². The minimum absolute atomic E-state index is 0.677. The fourth-order valence-corrected chi connectivity index (χ4v) is 3.26. The Labute approximate surface area is 112 Å². The summed E-state index contributed by atoms with van der Waals surface area (Å²) in [6.45, 7) is 0. The monoisotopic (exact) mass is 275 g/mol. The van der Waals surface area contributed by atoms with E-state index in [1.165, 1.54) is 0 Å². The van der Waals surface area contributed by atoms with Crippen molar-refractivity contribution in [2.75, 3.05) is 0 Å². The summed E-state index contributed by atoms with van der Waals surface area (Å²) in [5.74, 6) is 0. The van der Waals surface area contributed by atoms with Gasteiger partial charge in [0.25, 0.3) is 0 Å². The standard InChI is InChI=1S/C14H10ClNOS/c15-13-7-4-8-14-12(13)9-10-16(14)18(17)11-5-2-1-3-6-11/h1-10H. The van der Waals surface area contributed by atoms with Crippen molar-refractivity contribution in [3.05, 3.63) is 65.8 Å². The fourth-order valence-electron chi connectivity index (χ4n) is 1.90. The zero-order valence-corrected chi connectivity index (χ0v) is 11.0. The Bertz CT molecular complexity index is 721. The summed E-state index contributed by atoms with van der Waals surface area (Å²) < 4.78 is 14.2. The minimum atomic E-state index is -1.24. The lowest BCUT2D eigenvalue weighted by Gasteiger charge is -2.05. The van der Waals surface area contributed by atoms with E-state index in [0.717, 1.165) is 15.8 Å². The number of benzene rings is 2. The molecule has 2 nitrogen and oxygen atoms in total. The van der Waals surface area contributed by atoms with Crippen molar-refractivity contribution in [3.8, 4) is 0 Å². The topological polar surface area (TPSA) is 22.0 Å². The van der Waals surface area contributed by atoms with Crippen LogP contribution in [0, 0.1) is 0 Å². The van der Waals surface area contributed by atoms with Crippen molar-refractivity contribution in [2.24, 2.45) is 0 Å². The highest BCUT2D eigenvalue weighted by molar-refractivity contribution is 7.83. The van der Waals surface area contributed by atoms with Crippen molar-refractivity contribution in [1.82, 2.24) is 3.97 Å². The first-order valence-corrected chi connectivity index (χ1v) is 6.99. The van der Waals surface area contributed by atoms with Gasteiger partial charge in [0.1, 0.15) is 0 Å². The lowest BCUT2D eigenvalue weighted by atomic mass is 10.2. The van der Waals surface area contributed by atoms with E-state index in [4.69, 9.17) is 11.6 Å². The molecule has 18 heavy (non-hydrogen) atoms. The highest BCUT2D eigenvalue weighted by Crippen LogP contribution is 2.25. The Kier molecular flexibility index (Phi) is 2.94. The molecular weight excluding hydrogens is 266 g/mol. The summed E-state index contributed by atoms with van der Waals surface area (Å²) >= 11 is 6.11. The molecule has 0 amide bonds. The zero-order chi connectivity index (χ0) is 12.5. The average molecular weight is 276 g/mol. The summed E-state index contributed by atoms with van der Waals surface area (Å²) in [4.78, 5) is 0.773. The molecular formula is C14H10ClNOS. The van der Waals surface area contributed by atoms with E-state index < -0.39 is 11.0 Å². The van der Waals surface area contributed by atoms with Crippen molar-refractivity contribution >= 4 is 33.5 Å². The van der Waals surface area contributed by atoms with E-state index in [0.29, 0.717) is 5.02 Å². The molecule has 2 aromatic carbocycles. The molecule has 1 unspecified atom stereocenters. The number of nitrogens with zero attached hydrogens (tertiary/aromatic N) is 1. The molecule has 1 atom stereocenters. The maximum Gasteiger partial charge on any atom is 0.157 e. The van der Waals surface area contributed by atoms with E-state index in [1.807, 2.05) is 54.6 Å². The Morgan fingerprint density at radius 2 is 1.72 bits per heavy atom. The Morgan fingerprint density at radius 1 is 0.944 bits per heavy atom. The molecule has 0 aliphatic heterocycles. The van der Waals surface area contributed by atoms with Crippen LogP contribution in [0.1, 0.15) is 0 Å². The van der Waals surface area contributed by atoms with E-state index >= 15 is 0 Å². The third kappa shape index (κ3) is 1.85. The van der Waals surface area contributed by atoms with Crippen LogP contribution in [0.3, 0.4) is 0 Å². The Balaban J connectivity index is 2.16. The van der Waals surface area contributed by atoms with Gasteiger partial charge in [-0.2, -0.15) is 0 Å². The molecule has 90 valence electrons. The van der Waals surface area contributed by atoms with Gasteiger partial charge in [0, 0.05) is 16.6 Å². The van der Waals surface area contributed by atoms with E-state index in [2.05, 4.69) is 0 Å². The number of aromatic nitrogens is 1. The van der Waals surface area contributed by atoms with Crippen LogP contribution >= 0.6 is 11.6 Å². The fraction of sp³-hybridized carbons (Fsp3) is 0. The predicted octanol–water partition coefficient (Wildman–Crippen LogP) is 3.87. The molecule has 1 aromatic heterocycles. The summed E-state index contributed by atoms with van der Waals surface area (Å²) in [5.41, 5.74) is 0.879. The van der Waals surface area contributed by atoms with Crippen LogP contribution < -0.4 is 0 Å². The average Bonchev–Trinajstić information content (AvgIpc) is 2.84. The van der Waals surface area contributed by atoms with Crippen LogP contribution in [-0.4, -0.2) is 8.18 Å². The van der Waals surface area contributed by atoms with E-state index in [1.54, 1.807) is 10.2 Å². The van der Waals surface area contributed by atoms with Crippen LogP contribution in [0.4, 0.5) is 0 Å². The van der Waals surface area contributed by atoms with Gasteiger partial charge in [-0.15, -0.1) is 0 Å². The SMILES string of the molecule is O=S(c1ccccc1)n1ccc2c(Cl)cccc21. The summed E-state index contributed by atoms with van der Waals surface area (Å²) in [7, 11) is -1.24. The van der Waals surface area contributed by atoms with Crippen molar-refractivity contribution < 1.29 is 4.21 Å². The molecule has 0 fully saturated rings. The number of hydrogen-bond donors (Lipinski definition) is 0. The summed E-state index contributed by atoms with van der Waals surface area (Å²) in [6.07, 6.45) is 1.81. The van der Waals surface area contributed by atoms with Gasteiger partial charge in [-0.1, -0.05) is 35.9 Å². The zero-order valence-electron chi connectivity index (χ0n) is 9.42. The summed E-state index contributed by atoms with van der Waals surface area (Å²) in [6, 6.07) is 16.9. The molecule has 3 rings (SSSR count). The van der Waals surface area contributed by atoms with Crippen LogP contribution in [0.25, 0.3) is 10.9 Å². The third-order valence-electron chi connectivity index (χ3n) is 2.77. The van der Waals surface area contributed by atoms with Crippen molar-refractivity contribution in [1.29, 1.82) is 0 Å². The molecule has 1 heterocycles. The predicted molar refractivity (Wildman–Crippen MR) is 75.2 cm³/mol. The normalized spacial score (nSPS) is 12.7. The van der Waals surface area contributed by atoms with Gasteiger partial charge >= 0.3 is 0 Å². The van der Waals surface area contributed by atoms with E-state index in [-0.39, 0.29) is 0 Å². The second kappa shape index (κ2) is 4.59. The molecule has 0 spiro atoms. The van der Waals surface area contributed by atoms with Gasteiger partial charge in [0.15, 0.2) is 11.0 Å². The highest BCUT2D eigenvalue weighted by Gasteiger charge is 2.10. The van der Waals surface area contributed by atoms with Crippen LogP contribution in [0.5, 0.6) is 0 Å². The van der Waals surface area contributed by atoms with Crippen LogP contribution in [0.2, 0.25) is 5.02 Å². The molecule has 0 aliphatic rings. The third-order valence-corrected chi connectivity index (χ3v) is 4.45. The van der Waals surface area contributed by atoms with Crippen LogP contribution in [0.15, 0.2) is 65.7 Å². The highest BCUT2D eigenvalue weighted by atomic mass is 35.5. The molecule has 3 aromatic rings. The first kappa shape index (κ1) is 11.5. The van der Waals surface area contributed by atoms with Crippen molar-refractivity contribution in [2.45, 2.75) is 4.90 Å². The van der Waals surface area contributed by atoms with Crippen molar-refractivity contribution in [3.63, 3.8) is 0 Å². The van der Waals surface area contributed by atoms with Gasteiger partial charge in [-0.25, -0.2) is 4.21 Å². The largest absolute Gasteiger partial charge is 0.263 e. The van der Waals surface area contributed by atoms with Gasteiger partial charge in [-0.3, -0.25) is 3.97 Å². The molecule has 0 saturated heterocycles. The smallest absolute Gasteiger partial charge is 0.157 e. The Morgan fingerprint density at radius 3 is 2.50 bits per heavy atom. The summed E-state index contributed by atoms with van der Waals surface area (Å²) in [5, 5.41) is 1.60. The first-order chi connectivity index (χ1) is 8.77. The van der Waals surface area contributed by atoms with Gasteiger partial charge in [-0.05, 0) is 30.3 Å². The van der Waals surface area contributed by atoms with E-state index in [9.17, 15) is 4.21 Å². The molecule has 0 saturated carbocycles. The maximum atomic E-state index is 12.5. The molecule has 0 aliphatic carbocycles. The first-order valence-electron chi connectivity index (χ1n) is 5.50. The van der Waals surface area contributed by atoms with Gasteiger partial charge in [0.05, 0.1) is 10.4 Å². The lowest BCUT2D eigenvalue weighted by molar-refractivity contribution is 0.678. The number of rotatable bonds is 2. The number of hydrogen-bond acceptors (Lipinski definition) is 1. The maximum absolute atomic E-state index is 12.5. The number of halogens is 1. The Hall–Kier alpha value is -1.58. The lowest BCUT2D eigenvalue weighted by Crippen LogP contribution is -2.02. The molecule has 0 N–H and O–H groups in total. The van der Waals surface area contributed by atoms with Gasteiger partial charge in [0.2, 0.25) is 0 Å². The molecule has 4 heteroatoms. The molecule has 0 radical (unpaired) electrons. The molecule has 0 bridgehead atoms. The van der Waals surface area contributed by atoms with Gasteiger partial charge < -0.3 is 0 Å². The quantitative estimate of drug-likeness (QED) is 0.696. The number of fused-ring (bicyclic) bond motifs is 1. The second-order valence-corrected chi connectivity index (χ2v) is 5.65. The second-order valence-electron chi connectivity index (χ2n) is 3.88.